The van der Waals surface area contributed by atoms with E-state index in [1.54, 1.807) is 0 Å². The summed E-state index contributed by atoms with van der Waals surface area (Å²) in [5.74, 6) is 2.47. The van der Waals surface area contributed by atoms with Gasteiger partial charge in [0.2, 0.25) is 0 Å². The third-order valence-electron chi connectivity index (χ3n) is 1.59. The van der Waals surface area contributed by atoms with Crippen molar-refractivity contribution in [3.63, 3.8) is 0 Å². The van der Waals surface area contributed by atoms with Crippen LogP contribution in [0.15, 0.2) is 33.6 Å². The lowest BCUT2D eigenvalue weighted by atomic mass is 10.4. The normalized spacial score (nSPS) is 10.3. The molecule has 0 unspecified atom stereocenters. The molecular weight excluding hydrogens is 264 g/mol. The summed E-state index contributed by atoms with van der Waals surface area (Å²) in [6.45, 7) is 0. The molecule has 13 heavy (non-hydrogen) atoms. The first-order valence-electron chi connectivity index (χ1n) is 4.21. The summed E-state index contributed by atoms with van der Waals surface area (Å²) in [7, 11) is 0. The van der Waals surface area contributed by atoms with Crippen molar-refractivity contribution in [2.24, 2.45) is 0 Å². The monoisotopic (exact) mass is 276 g/mol. The van der Waals surface area contributed by atoms with Crippen LogP contribution in [0.2, 0.25) is 0 Å². The zero-order valence-corrected chi connectivity index (χ0v) is 10.8. The Bertz CT molecular complexity index is 250. The standard InChI is InChI=1S/C10H13BrS2/c1-12-7-4-8-13-10-6-3-2-5-9(10)11/h2-3,5-6H,4,7-8H2,1H3. The van der Waals surface area contributed by atoms with E-state index in [0.29, 0.717) is 0 Å². The minimum absolute atomic E-state index is 1.21. The summed E-state index contributed by atoms with van der Waals surface area (Å²) in [5.41, 5.74) is 0. The molecule has 1 aromatic rings. The molecule has 0 atom stereocenters. The third-order valence-corrected chi connectivity index (χ3v) is 4.40. The minimum Gasteiger partial charge on any atom is -0.165 e. The highest BCUT2D eigenvalue weighted by atomic mass is 79.9. The Balaban J connectivity index is 2.32. The molecule has 0 aliphatic carbocycles. The van der Waals surface area contributed by atoms with Crippen molar-refractivity contribution in [1.29, 1.82) is 0 Å². The van der Waals surface area contributed by atoms with E-state index in [2.05, 4.69) is 46.5 Å². The Morgan fingerprint density at radius 1 is 1.23 bits per heavy atom. The van der Waals surface area contributed by atoms with Crippen molar-refractivity contribution < 1.29 is 0 Å². The van der Waals surface area contributed by atoms with Gasteiger partial charge < -0.3 is 0 Å². The fourth-order valence-corrected chi connectivity index (χ4v) is 3.08. The van der Waals surface area contributed by atoms with Crippen molar-refractivity contribution >= 4 is 39.5 Å². The van der Waals surface area contributed by atoms with Crippen LogP contribution in [0.25, 0.3) is 0 Å². The lowest BCUT2D eigenvalue weighted by molar-refractivity contribution is 1.12. The molecule has 0 N–H and O–H groups in total. The van der Waals surface area contributed by atoms with Gasteiger partial charge in [-0.2, -0.15) is 11.8 Å². The molecule has 0 spiro atoms. The van der Waals surface area contributed by atoms with Crippen LogP contribution in [0.5, 0.6) is 0 Å². The fourth-order valence-electron chi connectivity index (χ4n) is 0.947. The molecular formula is C10H13BrS2. The summed E-state index contributed by atoms with van der Waals surface area (Å²) in [4.78, 5) is 1.35. The Morgan fingerprint density at radius 3 is 2.69 bits per heavy atom. The SMILES string of the molecule is CSCCCSc1ccccc1Br. The molecule has 0 bridgehead atoms. The van der Waals surface area contributed by atoms with Crippen molar-refractivity contribution in [3.8, 4) is 0 Å². The van der Waals surface area contributed by atoms with Crippen molar-refractivity contribution in [3.05, 3.63) is 28.7 Å². The third kappa shape index (κ3) is 4.43. The maximum atomic E-state index is 3.54. The predicted molar refractivity (Wildman–Crippen MR) is 67.9 cm³/mol. The largest absolute Gasteiger partial charge is 0.165 e. The van der Waals surface area contributed by atoms with E-state index in [-0.39, 0.29) is 0 Å². The topological polar surface area (TPSA) is 0 Å². The van der Waals surface area contributed by atoms with E-state index in [1.165, 1.54) is 27.3 Å². The molecule has 1 rings (SSSR count). The van der Waals surface area contributed by atoms with Crippen LogP contribution in [0.4, 0.5) is 0 Å². The molecule has 0 aliphatic rings. The second-order valence-electron chi connectivity index (χ2n) is 2.63. The smallest absolute Gasteiger partial charge is 0.0311 e. The summed E-state index contributed by atoms with van der Waals surface area (Å²) < 4.78 is 1.21. The van der Waals surface area contributed by atoms with E-state index < -0.39 is 0 Å². The first kappa shape index (κ1) is 11.5. The molecule has 0 aliphatic heterocycles. The van der Waals surface area contributed by atoms with Crippen molar-refractivity contribution in [2.75, 3.05) is 17.8 Å². The summed E-state index contributed by atoms with van der Waals surface area (Å²) in [6.07, 6.45) is 3.44. The number of hydrogen-bond acceptors (Lipinski definition) is 2. The molecule has 0 radical (unpaired) electrons. The quantitative estimate of drug-likeness (QED) is 0.581. The van der Waals surface area contributed by atoms with E-state index in [9.17, 15) is 0 Å². The second-order valence-corrected chi connectivity index (χ2v) is 5.60. The highest BCUT2D eigenvalue weighted by Crippen LogP contribution is 2.27. The van der Waals surface area contributed by atoms with Gasteiger partial charge in [0.1, 0.15) is 0 Å². The highest BCUT2D eigenvalue weighted by Gasteiger charge is 1.97. The van der Waals surface area contributed by atoms with Gasteiger partial charge in [0, 0.05) is 9.37 Å². The average Bonchev–Trinajstić information content (AvgIpc) is 2.15. The molecule has 72 valence electrons. The maximum absolute atomic E-state index is 3.54. The van der Waals surface area contributed by atoms with Gasteiger partial charge in [-0.15, -0.1) is 11.8 Å². The summed E-state index contributed by atoms with van der Waals surface area (Å²) in [5, 5.41) is 0. The predicted octanol–water partition coefficient (Wildman–Crippen LogP) is 4.29. The van der Waals surface area contributed by atoms with Gasteiger partial charge in [0.25, 0.3) is 0 Å². The van der Waals surface area contributed by atoms with Gasteiger partial charge >= 0.3 is 0 Å². The average molecular weight is 277 g/mol. The van der Waals surface area contributed by atoms with Crippen molar-refractivity contribution in [2.45, 2.75) is 11.3 Å². The molecule has 3 heteroatoms. The first-order chi connectivity index (χ1) is 6.34. The van der Waals surface area contributed by atoms with Crippen LogP contribution in [-0.4, -0.2) is 17.8 Å². The van der Waals surface area contributed by atoms with Gasteiger partial charge in [0.15, 0.2) is 0 Å². The van der Waals surface area contributed by atoms with Gasteiger partial charge in [-0.1, -0.05) is 12.1 Å². The molecule has 0 saturated heterocycles. The Hall–Kier alpha value is 0.400. The van der Waals surface area contributed by atoms with Crippen LogP contribution < -0.4 is 0 Å². The minimum atomic E-state index is 1.21. The van der Waals surface area contributed by atoms with Crippen LogP contribution in [0.1, 0.15) is 6.42 Å². The van der Waals surface area contributed by atoms with Crippen LogP contribution in [0, 0.1) is 0 Å². The summed E-state index contributed by atoms with van der Waals surface area (Å²) in [6, 6.07) is 8.39. The lowest BCUT2D eigenvalue weighted by Gasteiger charge is -2.02. The number of thioether (sulfide) groups is 2. The Kier molecular flexibility index (Phi) is 6.00. The lowest BCUT2D eigenvalue weighted by Crippen LogP contribution is -1.83. The summed E-state index contributed by atoms with van der Waals surface area (Å²) >= 11 is 7.38. The fraction of sp³-hybridized carbons (Fsp3) is 0.400. The maximum Gasteiger partial charge on any atom is 0.0311 e. The zero-order valence-electron chi connectivity index (χ0n) is 7.63. The molecule has 1 aromatic carbocycles. The Labute approximate surface area is 97.0 Å². The van der Waals surface area contributed by atoms with Gasteiger partial charge in [-0.05, 0) is 52.2 Å². The van der Waals surface area contributed by atoms with Crippen LogP contribution >= 0.6 is 39.5 Å². The molecule has 0 aromatic heterocycles. The molecule has 0 nitrogen and oxygen atoms in total. The second kappa shape index (κ2) is 6.80. The van der Waals surface area contributed by atoms with Crippen LogP contribution in [-0.2, 0) is 0 Å². The zero-order chi connectivity index (χ0) is 9.52. The van der Waals surface area contributed by atoms with Crippen molar-refractivity contribution in [1.82, 2.24) is 0 Å². The van der Waals surface area contributed by atoms with Gasteiger partial charge in [0.05, 0.1) is 0 Å². The van der Waals surface area contributed by atoms with E-state index in [4.69, 9.17) is 0 Å². The van der Waals surface area contributed by atoms with E-state index in [0.717, 1.165) is 0 Å². The number of rotatable bonds is 5. The number of halogens is 1. The van der Waals surface area contributed by atoms with Gasteiger partial charge in [-0.25, -0.2) is 0 Å². The van der Waals surface area contributed by atoms with Gasteiger partial charge in [-0.3, -0.25) is 0 Å². The highest BCUT2D eigenvalue weighted by molar-refractivity contribution is 9.10. The molecule has 0 saturated carbocycles. The number of hydrogen-bond donors (Lipinski definition) is 0. The van der Waals surface area contributed by atoms with Crippen LogP contribution in [0.3, 0.4) is 0 Å². The van der Waals surface area contributed by atoms with E-state index >= 15 is 0 Å². The molecule has 0 heterocycles. The molecule has 0 amide bonds. The Morgan fingerprint density at radius 2 is 2.00 bits per heavy atom. The first-order valence-corrected chi connectivity index (χ1v) is 7.38. The molecule has 0 fully saturated rings. The van der Waals surface area contributed by atoms with E-state index in [1.807, 2.05) is 23.5 Å². The number of benzene rings is 1.